The van der Waals surface area contributed by atoms with Crippen LogP contribution >= 0.6 is 0 Å². The molecule has 0 aliphatic rings. The van der Waals surface area contributed by atoms with Crippen molar-refractivity contribution >= 4 is 10.9 Å². The highest BCUT2D eigenvalue weighted by Gasteiger charge is 2.19. The first-order valence-electron chi connectivity index (χ1n) is 8.16. The number of para-hydroxylation sites is 2. The summed E-state index contributed by atoms with van der Waals surface area (Å²) in [6.07, 6.45) is 0. The molecule has 3 aromatic carbocycles. The van der Waals surface area contributed by atoms with Crippen molar-refractivity contribution in [1.82, 2.24) is 4.57 Å². The summed E-state index contributed by atoms with van der Waals surface area (Å²) in [5, 5.41) is 11.5. The molecule has 0 amide bonds. The van der Waals surface area contributed by atoms with E-state index >= 15 is 0 Å². The number of fused-ring (bicyclic) bond motifs is 1. The Morgan fingerprint density at radius 3 is 2.20 bits per heavy atom. The normalized spacial score (nSPS) is 10.9. The molecule has 4 rings (SSSR count). The van der Waals surface area contributed by atoms with Crippen molar-refractivity contribution in [1.29, 1.82) is 0 Å². The average molecular weight is 327 g/mol. The van der Waals surface area contributed by atoms with Crippen molar-refractivity contribution in [3.8, 4) is 22.6 Å². The van der Waals surface area contributed by atoms with Gasteiger partial charge in [0.05, 0.1) is 16.8 Å². The van der Waals surface area contributed by atoms with E-state index in [1.165, 1.54) is 0 Å². The van der Waals surface area contributed by atoms with Crippen molar-refractivity contribution in [3.63, 3.8) is 0 Å². The van der Waals surface area contributed by atoms with Crippen LogP contribution in [0.3, 0.4) is 0 Å². The molecule has 3 heteroatoms. The second-order valence-corrected chi connectivity index (χ2v) is 6.03. The van der Waals surface area contributed by atoms with E-state index in [2.05, 4.69) is 0 Å². The molecule has 3 nitrogen and oxygen atoms in total. The predicted molar refractivity (Wildman–Crippen MR) is 101 cm³/mol. The first-order chi connectivity index (χ1) is 12.2. The van der Waals surface area contributed by atoms with E-state index in [1.807, 2.05) is 85.8 Å². The van der Waals surface area contributed by atoms with E-state index in [4.69, 9.17) is 0 Å². The fraction of sp³-hybridized carbons (Fsp3) is 0.0455. The van der Waals surface area contributed by atoms with Crippen molar-refractivity contribution in [2.75, 3.05) is 0 Å². The summed E-state index contributed by atoms with van der Waals surface area (Å²) in [4.78, 5) is 13.4. The van der Waals surface area contributed by atoms with Gasteiger partial charge in [-0.05, 0) is 36.2 Å². The zero-order valence-corrected chi connectivity index (χ0v) is 13.8. The van der Waals surface area contributed by atoms with E-state index in [-0.39, 0.29) is 11.3 Å². The zero-order chi connectivity index (χ0) is 17.4. The summed E-state index contributed by atoms with van der Waals surface area (Å²) in [6.45, 7) is 1.98. The van der Waals surface area contributed by atoms with E-state index in [1.54, 1.807) is 4.57 Å². The van der Waals surface area contributed by atoms with Gasteiger partial charge in [0.2, 0.25) is 0 Å². The Labute approximate surface area is 145 Å². The molecule has 4 aromatic rings. The molecule has 0 radical (unpaired) electrons. The smallest absolute Gasteiger partial charge is 0.267 e. The van der Waals surface area contributed by atoms with Gasteiger partial charge in [-0.1, -0.05) is 60.7 Å². The van der Waals surface area contributed by atoms with Crippen LogP contribution in [0.2, 0.25) is 0 Å². The molecule has 0 unspecified atom stereocenters. The minimum Gasteiger partial charge on any atom is -0.506 e. The molecule has 0 bridgehead atoms. The van der Waals surface area contributed by atoms with E-state index in [0.717, 1.165) is 11.3 Å². The Bertz CT molecular complexity index is 1130. The van der Waals surface area contributed by atoms with Crippen LogP contribution in [0.4, 0.5) is 0 Å². The Kier molecular flexibility index (Phi) is 3.62. The summed E-state index contributed by atoms with van der Waals surface area (Å²) >= 11 is 0. The maximum absolute atomic E-state index is 13.4. The average Bonchev–Trinajstić information content (AvgIpc) is 2.64. The number of rotatable bonds is 2. The topological polar surface area (TPSA) is 42.2 Å². The van der Waals surface area contributed by atoms with Crippen LogP contribution in [0.5, 0.6) is 5.75 Å². The second kappa shape index (κ2) is 5.95. The zero-order valence-electron chi connectivity index (χ0n) is 13.8. The summed E-state index contributed by atoms with van der Waals surface area (Å²) in [7, 11) is 0. The van der Waals surface area contributed by atoms with Crippen LogP contribution < -0.4 is 5.56 Å². The molecule has 25 heavy (non-hydrogen) atoms. The number of aromatic hydroxyl groups is 1. The fourth-order valence-corrected chi connectivity index (χ4v) is 3.24. The lowest BCUT2D eigenvalue weighted by Crippen LogP contribution is -2.21. The van der Waals surface area contributed by atoms with Crippen LogP contribution in [0.15, 0.2) is 83.7 Å². The van der Waals surface area contributed by atoms with Gasteiger partial charge in [-0.3, -0.25) is 9.36 Å². The van der Waals surface area contributed by atoms with Crippen molar-refractivity contribution in [2.24, 2.45) is 0 Å². The molecule has 0 spiro atoms. The van der Waals surface area contributed by atoms with Gasteiger partial charge in [-0.25, -0.2) is 0 Å². The Hall–Kier alpha value is -3.33. The van der Waals surface area contributed by atoms with Crippen LogP contribution in [0.25, 0.3) is 27.7 Å². The summed E-state index contributed by atoms with van der Waals surface area (Å²) in [6, 6.07) is 24.5. The Morgan fingerprint density at radius 1 is 0.800 bits per heavy atom. The molecule has 0 saturated carbocycles. The van der Waals surface area contributed by atoms with Crippen molar-refractivity contribution in [2.45, 2.75) is 6.92 Å². The van der Waals surface area contributed by atoms with Crippen LogP contribution in [-0.4, -0.2) is 9.67 Å². The number of pyridine rings is 1. The highest BCUT2D eigenvalue weighted by molar-refractivity contribution is 5.93. The van der Waals surface area contributed by atoms with Gasteiger partial charge in [-0.2, -0.15) is 0 Å². The van der Waals surface area contributed by atoms with Gasteiger partial charge in [0.1, 0.15) is 5.75 Å². The maximum Gasteiger partial charge on any atom is 0.267 e. The lowest BCUT2D eigenvalue weighted by Gasteiger charge is -2.16. The van der Waals surface area contributed by atoms with E-state index < -0.39 is 0 Å². The lowest BCUT2D eigenvalue weighted by atomic mass is 10.0. The SMILES string of the molecule is Cc1ccccc1-n1c(=O)c(-c2ccccc2)c(O)c2ccccc21. The number of hydrogen-bond donors (Lipinski definition) is 1. The Balaban J connectivity index is 2.20. The van der Waals surface area contributed by atoms with Crippen LogP contribution in [0, 0.1) is 6.92 Å². The first-order valence-corrected chi connectivity index (χ1v) is 8.16. The van der Waals surface area contributed by atoms with Gasteiger partial charge < -0.3 is 5.11 Å². The van der Waals surface area contributed by atoms with E-state index in [9.17, 15) is 9.90 Å². The Morgan fingerprint density at radius 2 is 1.44 bits per heavy atom. The molecular weight excluding hydrogens is 310 g/mol. The monoisotopic (exact) mass is 327 g/mol. The first kappa shape index (κ1) is 15.2. The molecule has 0 atom stereocenters. The summed E-state index contributed by atoms with van der Waals surface area (Å²) < 4.78 is 1.69. The molecule has 0 saturated heterocycles. The van der Waals surface area contributed by atoms with Gasteiger partial charge in [0.25, 0.3) is 5.56 Å². The molecule has 0 aliphatic heterocycles. The number of nitrogens with zero attached hydrogens (tertiary/aromatic N) is 1. The molecule has 0 fully saturated rings. The second-order valence-electron chi connectivity index (χ2n) is 6.03. The van der Waals surface area contributed by atoms with Crippen molar-refractivity contribution in [3.05, 3.63) is 94.8 Å². The lowest BCUT2D eigenvalue weighted by molar-refractivity contribution is 0.482. The fourth-order valence-electron chi connectivity index (χ4n) is 3.24. The molecule has 1 heterocycles. The maximum atomic E-state index is 13.4. The molecule has 1 aromatic heterocycles. The van der Waals surface area contributed by atoms with E-state index in [0.29, 0.717) is 22.0 Å². The molecular formula is C22H17NO2. The van der Waals surface area contributed by atoms with Crippen LogP contribution in [-0.2, 0) is 0 Å². The van der Waals surface area contributed by atoms with Gasteiger partial charge in [-0.15, -0.1) is 0 Å². The highest BCUT2D eigenvalue weighted by Crippen LogP contribution is 2.34. The van der Waals surface area contributed by atoms with Crippen molar-refractivity contribution < 1.29 is 5.11 Å². The van der Waals surface area contributed by atoms with Gasteiger partial charge in [0.15, 0.2) is 0 Å². The third kappa shape index (κ3) is 2.41. The number of aromatic nitrogens is 1. The highest BCUT2D eigenvalue weighted by atomic mass is 16.3. The van der Waals surface area contributed by atoms with Gasteiger partial charge in [0, 0.05) is 5.39 Å². The quantitative estimate of drug-likeness (QED) is 0.581. The summed E-state index contributed by atoms with van der Waals surface area (Å²) in [5.41, 5.74) is 3.32. The standard InChI is InChI=1S/C22H17NO2/c1-15-9-5-7-13-18(15)23-19-14-8-6-12-17(19)21(24)20(22(23)25)16-10-3-2-4-11-16/h2-14,24H,1H3. The number of aryl methyl sites for hydroxylation is 1. The molecule has 0 aliphatic carbocycles. The molecule has 1 N–H and O–H groups in total. The number of benzene rings is 3. The summed E-state index contributed by atoms with van der Waals surface area (Å²) in [5.74, 6) is 0.0247. The number of hydrogen-bond acceptors (Lipinski definition) is 2. The van der Waals surface area contributed by atoms with Gasteiger partial charge >= 0.3 is 0 Å². The largest absolute Gasteiger partial charge is 0.506 e. The third-order valence-corrected chi connectivity index (χ3v) is 4.47. The molecule has 122 valence electrons. The minimum atomic E-state index is -0.225. The minimum absolute atomic E-state index is 0.0247. The predicted octanol–water partition coefficient (Wildman–Crippen LogP) is 4.67. The third-order valence-electron chi connectivity index (χ3n) is 4.47. The van der Waals surface area contributed by atoms with Crippen LogP contribution in [0.1, 0.15) is 5.56 Å².